The zero-order chi connectivity index (χ0) is 21.8. The van der Waals surface area contributed by atoms with E-state index in [0.29, 0.717) is 23.7 Å². The Morgan fingerprint density at radius 2 is 1.94 bits per heavy atom. The molecule has 0 radical (unpaired) electrons. The van der Waals surface area contributed by atoms with Crippen LogP contribution < -0.4 is 10.5 Å². The fourth-order valence-corrected chi connectivity index (χ4v) is 5.28. The first kappa shape index (κ1) is 19.6. The highest BCUT2D eigenvalue weighted by atomic mass is 16.5. The molecule has 1 fully saturated rings. The lowest BCUT2D eigenvalue weighted by Gasteiger charge is -2.48. The number of hydrogen-bond donors (Lipinski definition) is 1. The first-order valence-electron chi connectivity index (χ1n) is 10.8. The van der Waals surface area contributed by atoms with Gasteiger partial charge in [0.15, 0.2) is 11.5 Å². The van der Waals surface area contributed by atoms with Crippen molar-refractivity contribution in [3.8, 4) is 22.9 Å². The number of nitrogens with zero attached hydrogens (tertiary/aromatic N) is 3. The minimum absolute atomic E-state index is 0.101. The fourth-order valence-electron chi connectivity index (χ4n) is 5.28. The second-order valence-corrected chi connectivity index (χ2v) is 9.24. The Morgan fingerprint density at radius 3 is 2.61 bits per heavy atom. The number of hydrogen-bond acceptors (Lipinski definition) is 5. The molecule has 1 saturated carbocycles. The van der Waals surface area contributed by atoms with E-state index in [1.807, 2.05) is 36.4 Å². The number of nitriles is 1. The summed E-state index contributed by atoms with van der Waals surface area (Å²) in [6.07, 6.45) is 4.48. The predicted octanol–water partition coefficient (Wildman–Crippen LogP) is 3.94. The Balaban J connectivity index is 1.66. The van der Waals surface area contributed by atoms with Crippen molar-refractivity contribution < 1.29 is 9.53 Å². The summed E-state index contributed by atoms with van der Waals surface area (Å²) >= 11 is 0. The highest BCUT2D eigenvalue weighted by Gasteiger charge is 2.58. The molecule has 0 saturated heterocycles. The molecule has 1 unspecified atom stereocenters. The summed E-state index contributed by atoms with van der Waals surface area (Å²) in [5, 5.41) is 9.27. The van der Waals surface area contributed by atoms with E-state index in [-0.39, 0.29) is 11.9 Å². The Kier molecular flexibility index (Phi) is 4.33. The number of amides is 1. The Morgan fingerprint density at radius 1 is 1.19 bits per heavy atom. The van der Waals surface area contributed by atoms with Crippen molar-refractivity contribution in [1.82, 2.24) is 4.90 Å². The van der Waals surface area contributed by atoms with E-state index in [0.717, 1.165) is 42.4 Å². The first-order valence-corrected chi connectivity index (χ1v) is 10.8. The molecule has 2 aliphatic heterocycles. The summed E-state index contributed by atoms with van der Waals surface area (Å²) in [4.78, 5) is 19.7. The fraction of sp³-hybridized carbons (Fsp3) is 0.400. The number of likely N-dealkylation sites (N-methyl/N-ethyl adjacent to an activating group) is 1. The van der Waals surface area contributed by atoms with Gasteiger partial charge in [-0.25, -0.2) is 4.99 Å². The molecule has 2 aromatic rings. The third kappa shape index (κ3) is 2.99. The van der Waals surface area contributed by atoms with Crippen LogP contribution in [0.4, 0.5) is 0 Å². The molecule has 1 aliphatic carbocycles. The summed E-state index contributed by atoms with van der Waals surface area (Å²) in [5.74, 6) is 1.52. The van der Waals surface area contributed by atoms with Crippen molar-refractivity contribution in [3.05, 3.63) is 53.6 Å². The van der Waals surface area contributed by atoms with Gasteiger partial charge in [-0.15, -0.1) is 0 Å². The molecule has 2 spiro atoms. The normalized spacial score (nSPS) is 29.5. The van der Waals surface area contributed by atoms with Crippen molar-refractivity contribution in [1.29, 1.82) is 5.26 Å². The van der Waals surface area contributed by atoms with Crippen LogP contribution in [0.3, 0.4) is 0 Å². The molecule has 3 aliphatic rings. The predicted molar refractivity (Wildman–Crippen MR) is 118 cm³/mol. The van der Waals surface area contributed by atoms with Gasteiger partial charge in [-0.3, -0.25) is 9.69 Å². The number of carbonyl (C=O) groups is 1. The summed E-state index contributed by atoms with van der Waals surface area (Å²) in [5.41, 5.74) is 7.87. The van der Waals surface area contributed by atoms with Crippen LogP contribution in [0.5, 0.6) is 5.75 Å². The quantitative estimate of drug-likeness (QED) is 0.765. The lowest BCUT2D eigenvalue weighted by Crippen LogP contribution is -2.53. The second-order valence-electron chi connectivity index (χ2n) is 9.24. The molecule has 2 N–H and O–H groups in total. The van der Waals surface area contributed by atoms with E-state index in [1.54, 1.807) is 13.1 Å². The average molecular weight is 415 g/mol. The van der Waals surface area contributed by atoms with Gasteiger partial charge in [-0.05, 0) is 67.0 Å². The number of carbonyl (C=O) groups excluding carboxylic acids is 1. The van der Waals surface area contributed by atoms with E-state index < -0.39 is 11.1 Å². The number of fused-ring (bicyclic) bond motifs is 2. The Labute approximate surface area is 182 Å². The highest BCUT2D eigenvalue weighted by molar-refractivity contribution is 6.07. The molecule has 1 amide bonds. The number of rotatable bonds is 1. The van der Waals surface area contributed by atoms with Crippen molar-refractivity contribution in [3.63, 3.8) is 0 Å². The van der Waals surface area contributed by atoms with Gasteiger partial charge in [0, 0.05) is 19.0 Å². The standard InChI is InChI=1S/C25H26N4O2/c1-16-8-10-24(11-9-16)15-25(22(30)29(2)23(27)28-25)20-13-19(6-7-21(20)31-24)18-5-3-4-17(12-18)14-26/h3-7,12-13,16H,8-11,15H2,1-2H3,(H2,27,28). The molecule has 158 valence electrons. The summed E-state index contributed by atoms with van der Waals surface area (Å²) < 4.78 is 6.62. The van der Waals surface area contributed by atoms with Gasteiger partial charge in [0.25, 0.3) is 5.91 Å². The molecule has 2 heterocycles. The number of aliphatic imine (C=N–C) groups is 1. The molecular formula is C25H26N4O2. The monoisotopic (exact) mass is 414 g/mol. The van der Waals surface area contributed by atoms with Crippen LogP contribution >= 0.6 is 0 Å². The zero-order valence-electron chi connectivity index (χ0n) is 17.9. The maximum absolute atomic E-state index is 13.5. The van der Waals surface area contributed by atoms with Gasteiger partial charge in [0.2, 0.25) is 0 Å². The zero-order valence-corrected chi connectivity index (χ0v) is 17.9. The van der Waals surface area contributed by atoms with Crippen molar-refractivity contribution in [2.45, 2.75) is 50.2 Å². The molecule has 6 nitrogen and oxygen atoms in total. The van der Waals surface area contributed by atoms with Crippen molar-refractivity contribution >= 4 is 11.9 Å². The first-order chi connectivity index (χ1) is 14.9. The number of guanidine groups is 1. The van der Waals surface area contributed by atoms with Crippen LogP contribution in [0.1, 0.15) is 50.2 Å². The van der Waals surface area contributed by atoms with Gasteiger partial charge in [-0.2, -0.15) is 5.26 Å². The summed E-state index contributed by atoms with van der Waals surface area (Å²) in [6.45, 7) is 2.27. The average Bonchev–Trinajstić information content (AvgIpc) is 2.99. The number of ether oxygens (including phenoxy) is 1. The lowest BCUT2D eigenvalue weighted by molar-refractivity contribution is -0.135. The molecule has 6 heteroatoms. The van der Waals surface area contributed by atoms with Gasteiger partial charge in [-0.1, -0.05) is 25.1 Å². The lowest BCUT2D eigenvalue weighted by atomic mass is 9.68. The van der Waals surface area contributed by atoms with Gasteiger partial charge in [0.05, 0.1) is 11.6 Å². The minimum atomic E-state index is -1.06. The Bertz CT molecular complexity index is 1140. The van der Waals surface area contributed by atoms with E-state index in [2.05, 4.69) is 13.0 Å². The maximum Gasteiger partial charge on any atom is 0.261 e. The minimum Gasteiger partial charge on any atom is -0.487 e. The number of nitrogens with two attached hydrogens (primary N) is 1. The van der Waals surface area contributed by atoms with Crippen LogP contribution in [0.15, 0.2) is 47.5 Å². The second kappa shape index (κ2) is 6.84. The van der Waals surface area contributed by atoms with Gasteiger partial charge in [0.1, 0.15) is 11.4 Å². The van der Waals surface area contributed by atoms with Crippen LogP contribution in [-0.2, 0) is 10.3 Å². The highest BCUT2D eigenvalue weighted by Crippen LogP contribution is 2.54. The molecule has 5 rings (SSSR count). The molecule has 2 aromatic carbocycles. The van der Waals surface area contributed by atoms with Crippen LogP contribution in [-0.4, -0.2) is 29.4 Å². The summed E-state index contributed by atoms with van der Waals surface area (Å²) in [7, 11) is 1.68. The van der Waals surface area contributed by atoms with Gasteiger partial charge >= 0.3 is 0 Å². The van der Waals surface area contributed by atoms with Crippen LogP contribution in [0, 0.1) is 17.2 Å². The van der Waals surface area contributed by atoms with E-state index >= 15 is 0 Å². The smallest absolute Gasteiger partial charge is 0.261 e. The summed E-state index contributed by atoms with van der Waals surface area (Å²) in [6, 6.07) is 15.6. The van der Waals surface area contributed by atoms with Crippen LogP contribution in [0.25, 0.3) is 11.1 Å². The third-order valence-corrected chi connectivity index (χ3v) is 7.15. The Hall–Kier alpha value is -3.33. The van der Waals surface area contributed by atoms with Crippen molar-refractivity contribution in [2.75, 3.05) is 7.05 Å². The maximum atomic E-state index is 13.5. The van der Waals surface area contributed by atoms with E-state index in [4.69, 9.17) is 15.5 Å². The number of benzene rings is 2. The van der Waals surface area contributed by atoms with Crippen molar-refractivity contribution in [2.24, 2.45) is 16.6 Å². The molecule has 0 bridgehead atoms. The molecule has 31 heavy (non-hydrogen) atoms. The topological polar surface area (TPSA) is 91.7 Å². The largest absolute Gasteiger partial charge is 0.487 e. The van der Waals surface area contributed by atoms with Gasteiger partial charge < -0.3 is 10.5 Å². The van der Waals surface area contributed by atoms with E-state index in [1.165, 1.54) is 4.90 Å². The van der Waals surface area contributed by atoms with Crippen LogP contribution in [0.2, 0.25) is 0 Å². The third-order valence-electron chi connectivity index (χ3n) is 7.15. The molecule has 1 atom stereocenters. The molecule has 0 aromatic heterocycles. The van der Waals surface area contributed by atoms with E-state index in [9.17, 15) is 10.1 Å². The SMILES string of the molecule is CC1CCC2(CC1)CC1(N=C(N)N(C)C1=O)c1cc(-c3cccc(C#N)c3)ccc1O2. The molecular weight excluding hydrogens is 388 g/mol.